The number of ether oxygens (including phenoxy) is 2. The summed E-state index contributed by atoms with van der Waals surface area (Å²) in [6.07, 6.45) is 0.270. The normalized spacial score (nSPS) is 14.8. The third kappa shape index (κ3) is 4.23. The molecule has 0 fully saturated rings. The molecule has 0 radical (unpaired) electrons. The van der Waals surface area contributed by atoms with Gasteiger partial charge in [-0.1, -0.05) is 0 Å². The Hall–Kier alpha value is -1.99. The molecule has 1 unspecified atom stereocenters. The van der Waals surface area contributed by atoms with Crippen LogP contribution < -0.4 is 4.74 Å². The van der Waals surface area contributed by atoms with Gasteiger partial charge in [0, 0.05) is 26.9 Å². The second-order valence-corrected chi connectivity index (χ2v) is 9.42. The minimum absolute atomic E-state index is 0.295. The topological polar surface area (TPSA) is 68.7 Å². The van der Waals surface area contributed by atoms with E-state index in [9.17, 15) is 14.3 Å². The lowest BCUT2D eigenvalue weighted by Crippen LogP contribution is -2.28. The summed E-state index contributed by atoms with van der Waals surface area (Å²) in [5.74, 6) is -1.27. The first-order chi connectivity index (χ1) is 13.9. The highest BCUT2D eigenvalue weighted by Gasteiger charge is 2.34. The average molecular weight is 480 g/mol. The van der Waals surface area contributed by atoms with Gasteiger partial charge in [-0.3, -0.25) is 4.98 Å². The van der Waals surface area contributed by atoms with Crippen LogP contribution in [0.1, 0.15) is 61.4 Å². The van der Waals surface area contributed by atoms with Crippen molar-refractivity contribution in [3.63, 3.8) is 0 Å². The van der Waals surface area contributed by atoms with Crippen LogP contribution in [0.3, 0.4) is 0 Å². The first-order valence-corrected chi connectivity index (χ1v) is 10.7. The number of pyridine rings is 1. The molecule has 5 nitrogen and oxygen atoms in total. The minimum Gasteiger partial charge on any atom is -0.490 e. The Bertz CT molecular complexity index is 1010. The molecule has 1 aromatic heterocycles. The molecule has 2 aromatic rings. The molecule has 0 amide bonds. The number of carboxylic acids is 1. The van der Waals surface area contributed by atoms with Crippen molar-refractivity contribution < 1.29 is 23.8 Å². The highest BCUT2D eigenvalue weighted by Crippen LogP contribution is 2.45. The number of benzene rings is 1. The predicted octanol–water partition coefficient (Wildman–Crippen LogP) is 5.84. The van der Waals surface area contributed by atoms with Crippen LogP contribution in [-0.2, 0) is 16.0 Å². The van der Waals surface area contributed by atoms with E-state index in [0.717, 1.165) is 17.5 Å². The fraction of sp³-hybridized carbons (Fsp3) is 0.478. The molecule has 2 heterocycles. The van der Waals surface area contributed by atoms with Gasteiger partial charge in [-0.2, -0.15) is 0 Å². The monoisotopic (exact) mass is 479 g/mol. The van der Waals surface area contributed by atoms with Crippen molar-refractivity contribution in [3.8, 4) is 16.9 Å². The van der Waals surface area contributed by atoms with Crippen molar-refractivity contribution in [3.05, 3.63) is 44.4 Å². The lowest BCUT2D eigenvalue weighted by molar-refractivity contribution is -0.160. The quantitative estimate of drug-likeness (QED) is 0.596. The highest BCUT2D eigenvalue weighted by molar-refractivity contribution is 9.10. The van der Waals surface area contributed by atoms with E-state index in [2.05, 4.69) is 20.9 Å². The maximum absolute atomic E-state index is 15.0. The smallest absolute Gasteiger partial charge is 0.337 e. The van der Waals surface area contributed by atoms with Crippen molar-refractivity contribution in [2.75, 3.05) is 6.61 Å². The van der Waals surface area contributed by atoms with Crippen molar-refractivity contribution in [2.24, 2.45) is 0 Å². The van der Waals surface area contributed by atoms with E-state index >= 15 is 0 Å². The van der Waals surface area contributed by atoms with Gasteiger partial charge in [0.05, 0.1) is 17.9 Å². The second-order valence-electron chi connectivity index (χ2n) is 8.62. The highest BCUT2D eigenvalue weighted by atomic mass is 79.9. The molecule has 162 valence electrons. The Kier molecular flexibility index (Phi) is 6.25. The summed E-state index contributed by atoms with van der Waals surface area (Å²) in [6.45, 7) is 11.4. The van der Waals surface area contributed by atoms with Gasteiger partial charge in [0.2, 0.25) is 0 Å². The van der Waals surface area contributed by atoms with Crippen LogP contribution >= 0.6 is 15.9 Å². The molecule has 1 aromatic carbocycles. The van der Waals surface area contributed by atoms with Crippen molar-refractivity contribution in [2.45, 2.75) is 66.1 Å². The molecule has 1 aliphatic heterocycles. The standard InChI is InChI=1S/C23H27BrFNO4/c1-11-14-8-7-9-29-20(14)16(25)10-15(11)18-17(12(2)26-13(3)19(18)24)21(22(27)28)30-23(4,5)6/h10,21H,7-9H2,1-6H3,(H,27,28). The van der Waals surface area contributed by atoms with Gasteiger partial charge in [0.1, 0.15) is 0 Å². The molecule has 7 heteroatoms. The number of hydrogen-bond donors (Lipinski definition) is 1. The molecular formula is C23H27BrFNO4. The Morgan fingerprint density at radius 2 is 1.97 bits per heavy atom. The summed E-state index contributed by atoms with van der Waals surface area (Å²) in [6, 6.07) is 1.43. The number of carboxylic acid groups (broad SMARTS) is 1. The molecule has 1 N–H and O–H groups in total. The van der Waals surface area contributed by atoms with Gasteiger partial charge in [-0.25, -0.2) is 9.18 Å². The lowest BCUT2D eigenvalue weighted by Gasteiger charge is -2.29. The third-order valence-electron chi connectivity index (χ3n) is 5.20. The summed E-state index contributed by atoms with van der Waals surface area (Å²) < 4.78 is 27.1. The first-order valence-electron chi connectivity index (χ1n) is 9.94. The molecule has 3 rings (SSSR count). The lowest BCUT2D eigenvalue weighted by atomic mass is 9.88. The van der Waals surface area contributed by atoms with Gasteiger partial charge in [-0.05, 0) is 87.5 Å². The van der Waals surface area contributed by atoms with E-state index in [-0.39, 0.29) is 0 Å². The van der Waals surface area contributed by atoms with Crippen LogP contribution in [0.15, 0.2) is 10.5 Å². The SMILES string of the molecule is Cc1nc(C)c(C(OC(C)(C)C)C(=O)O)c(-c2cc(F)c3c(c2C)CCCO3)c1Br. The number of aromatic nitrogens is 1. The fourth-order valence-electron chi connectivity index (χ4n) is 3.93. The van der Waals surface area contributed by atoms with Crippen molar-refractivity contribution in [1.82, 2.24) is 4.98 Å². The summed E-state index contributed by atoms with van der Waals surface area (Å²) in [7, 11) is 0. The number of rotatable bonds is 4. The van der Waals surface area contributed by atoms with E-state index in [4.69, 9.17) is 9.47 Å². The van der Waals surface area contributed by atoms with Gasteiger partial charge in [0.15, 0.2) is 17.7 Å². The number of hydrogen-bond acceptors (Lipinski definition) is 4. The van der Waals surface area contributed by atoms with E-state index in [1.54, 1.807) is 27.7 Å². The molecule has 0 aliphatic carbocycles. The van der Waals surface area contributed by atoms with E-state index in [1.807, 2.05) is 13.8 Å². The summed E-state index contributed by atoms with van der Waals surface area (Å²) in [5, 5.41) is 10.00. The number of aryl methyl sites for hydroxylation is 2. The Morgan fingerprint density at radius 3 is 2.57 bits per heavy atom. The molecule has 0 bridgehead atoms. The zero-order chi connectivity index (χ0) is 22.4. The number of nitrogens with zero attached hydrogens (tertiary/aromatic N) is 1. The Morgan fingerprint density at radius 1 is 1.30 bits per heavy atom. The first kappa shape index (κ1) is 22.7. The Balaban J connectivity index is 2.36. The molecule has 1 aliphatic rings. The van der Waals surface area contributed by atoms with Crippen LogP contribution in [0.25, 0.3) is 11.1 Å². The van der Waals surface area contributed by atoms with Crippen LogP contribution in [-0.4, -0.2) is 28.3 Å². The van der Waals surface area contributed by atoms with Gasteiger partial charge in [-0.15, -0.1) is 0 Å². The predicted molar refractivity (Wildman–Crippen MR) is 117 cm³/mol. The van der Waals surface area contributed by atoms with Crippen LogP contribution in [0.4, 0.5) is 4.39 Å². The van der Waals surface area contributed by atoms with E-state index in [0.29, 0.717) is 51.3 Å². The minimum atomic E-state index is -1.25. The average Bonchev–Trinajstić information content (AvgIpc) is 2.65. The van der Waals surface area contributed by atoms with Gasteiger partial charge >= 0.3 is 5.97 Å². The van der Waals surface area contributed by atoms with Gasteiger partial charge in [0.25, 0.3) is 0 Å². The van der Waals surface area contributed by atoms with Crippen LogP contribution in [0.5, 0.6) is 5.75 Å². The fourth-order valence-corrected chi connectivity index (χ4v) is 4.44. The zero-order valence-electron chi connectivity index (χ0n) is 18.2. The largest absolute Gasteiger partial charge is 0.490 e. The summed E-state index contributed by atoms with van der Waals surface area (Å²) >= 11 is 3.59. The number of halogens is 2. The Labute approximate surface area is 184 Å². The van der Waals surface area contributed by atoms with Crippen molar-refractivity contribution in [1.29, 1.82) is 0 Å². The number of aliphatic carboxylic acids is 1. The number of fused-ring (bicyclic) bond motifs is 1. The summed E-state index contributed by atoms with van der Waals surface area (Å²) in [4.78, 5) is 16.8. The van der Waals surface area contributed by atoms with Crippen LogP contribution in [0.2, 0.25) is 0 Å². The number of carbonyl (C=O) groups is 1. The molecule has 0 saturated carbocycles. The van der Waals surface area contributed by atoms with E-state index in [1.165, 1.54) is 6.07 Å². The zero-order valence-corrected chi connectivity index (χ0v) is 19.7. The molecule has 0 spiro atoms. The molecule has 30 heavy (non-hydrogen) atoms. The second kappa shape index (κ2) is 8.27. The van der Waals surface area contributed by atoms with Gasteiger partial charge < -0.3 is 14.6 Å². The third-order valence-corrected chi connectivity index (χ3v) is 6.17. The summed E-state index contributed by atoms with van der Waals surface area (Å²) in [5.41, 5.74) is 3.87. The maximum Gasteiger partial charge on any atom is 0.337 e. The van der Waals surface area contributed by atoms with Crippen molar-refractivity contribution >= 4 is 21.9 Å². The molecule has 0 saturated heterocycles. The van der Waals surface area contributed by atoms with Crippen LogP contribution in [0, 0.1) is 26.6 Å². The molecular weight excluding hydrogens is 453 g/mol. The maximum atomic E-state index is 15.0. The van der Waals surface area contributed by atoms with E-state index < -0.39 is 23.5 Å². The molecule has 1 atom stereocenters.